The summed E-state index contributed by atoms with van der Waals surface area (Å²) in [5, 5.41) is 34.4. The van der Waals surface area contributed by atoms with Crippen molar-refractivity contribution < 1.29 is 21.9 Å². The summed E-state index contributed by atoms with van der Waals surface area (Å²) in [6.45, 7) is 0. The number of anilines is 2. The first-order valence-corrected chi connectivity index (χ1v) is 10.5. The van der Waals surface area contributed by atoms with Crippen LogP contribution in [0.3, 0.4) is 0 Å². The van der Waals surface area contributed by atoms with Gasteiger partial charge >= 0.3 is 0 Å². The van der Waals surface area contributed by atoms with Crippen LogP contribution < -0.4 is 21.0 Å². The van der Waals surface area contributed by atoms with E-state index in [4.69, 9.17) is 21.5 Å². The molecule has 152 valence electrons. The first-order valence-electron chi connectivity index (χ1n) is 7.51. The van der Waals surface area contributed by atoms with Crippen molar-refractivity contribution in [2.75, 3.05) is 10.1 Å². The quantitative estimate of drug-likeness (QED) is 0.150. The number of phenolic OH excluding ortho intramolecular Hbond substituents is 1. The number of nitrogens with two attached hydrogens (primary N) is 2. The smallest absolute Gasteiger partial charge is 0.261 e. The van der Waals surface area contributed by atoms with Crippen LogP contribution in [0.25, 0.3) is 0 Å². The van der Waals surface area contributed by atoms with Gasteiger partial charge in [0.25, 0.3) is 10.0 Å². The second kappa shape index (κ2) is 8.14. The van der Waals surface area contributed by atoms with E-state index in [-0.39, 0.29) is 26.9 Å². The van der Waals surface area contributed by atoms with Crippen molar-refractivity contribution in [2.24, 2.45) is 16.0 Å². The van der Waals surface area contributed by atoms with Gasteiger partial charge in [0.05, 0.1) is 21.2 Å². The molecular formula is C15H15N7O5S2. The van der Waals surface area contributed by atoms with Crippen LogP contribution in [0.2, 0.25) is 0 Å². The lowest BCUT2D eigenvalue weighted by molar-refractivity contribution is 0.477. The van der Waals surface area contributed by atoms with Gasteiger partial charge in [-0.2, -0.15) is 10.4 Å². The number of primary sulfonamides is 1. The number of nitrogens with one attached hydrogen (secondary N) is 3. The summed E-state index contributed by atoms with van der Waals surface area (Å²) < 4.78 is 50.2. The molecule has 0 atom stereocenters. The molecule has 0 fully saturated rings. The van der Waals surface area contributed by atoms with Crippen molar-refractivity contribution in [1.29, 1.82) is 10.7 Å². The summed E-state index contributed by atoms with van der Waals surface area (Å²) in [6, 6.07) is 9.60. The van der Waals surface area contributed by atoms with Gasteiger partial charge < -0.3 is 10.8 Å². The predicted molar refractivity (Wildman–Crippen MR) is 105 cm³/mol. The van der Waals surface area contributed by atoms with Crippen molar-refractivity contribution in [2.45, 2.75) is 9.79 Å². The Morgan fingerprint density at radius 2 is 1.83 bits per heavy atom. The summed E-state index contributed by atoms with van der Waals surface area (Å²) in [5.41, 5.74) is 6.69. The van der Waals surface area contributed by atoms with E-state index in [9.17, 15) is 21.9 Å². The van der Waals surface area contributed by atoms with Crippen LogP contribution in [-0.2, 0) is 20.0 Å². The fraction of sp³-hybridized carbons (Fsp3) is 0. The minimum atomic E-state index is -4.19. The number of nitrogens with zero attached hydrogens (tertiary/aromatic N) is 2. The Balaban J connectivity index is 2.37. The summed E-state index contributed by atoms with van der Waals surface area (Å²) in [7, 11) is -8.22. The lowest BCUT2D eigenvalue weighted by atomic mass is 10.3. The van der Waals surface area contributed by atoms with Gasteiger partial charge in [-0.1, -0.05) is 6.07 Å². The van der Waals surface area contributed by atoms with Gasteiger partial charge in [-0.25, -0.2) is 22.0 Å². The molecule has 0 aliphatic carbocycles. The van der Waals surface area contributed by atoms with Gasteiger partial charge in [0.15, 0.2) is 5.84 Å². The van der Waals surface area contributed by atoms with Crippen LogP contribution in [0.5, 0.6) is 5.75 Å². The molecule has 0 radical (unpaired) electrons. The molecule has 2 rings (SSSR count). The van der Waals surface area contributed by atoms with Gasteiger partial charge in [0, 0.05) is 0 Å². The maximum absolute atomic E-state index is 12.6. The number of phenols is 1. The molecule has 0 amide bonds. The zero-order valence-corrected chi connectivity index (χ0v) is 16.1. The molecule has 2 aromatic carbocycles. The van der Waals surface area contributed by atoms with Crippen molar-refractivity contribution in [3.8, 4) is 11.8 Å². The fourth-order valence-corrected chi connectivity index (χ4v) is 3.62. The third kappa shape index (κ3) is 5.42. The van der Waals surface area contributed by atoms with Crippen LogP contribution in [0.1, 0.15) is 0 Å². The Hall–Kier alpha value is -3.67. The third-order valence-corrected chi connectivity index (χ3v) is 5.63. The van der Waals surface area contributed by atoms with Crippen molar-refractivity contribution in [3.63, 3.8) is 0 Å². The van der Waals surface area contributed by atoms with Crippen LogP contribution in [-0.4, -0.2) is 33.5 Å². The number of amidine groups is 1. The number of hydrogen-bond acceptors (Lipinski definition) is 9. The molecule has 12 nitrogen and oxygen atoms in total. The maximum Gasteiger partial charge on any atom is 0.261 e. The fourth-order valence-electron chi connectivity index (χ4n) is 1.98. The highest BCUT2D eigenvalue weighted by molar-refractivity contribution is 7.92. The third-order valence-electron chi connectivity index (χ3n) is 3.34. The highest BCUT2D eigenvalue weighted by Gasteiger charge is 2.18. The summed E-state index contributed by atoms with van der Waals surface area (Å²) >= 11 is 0. The zero-order valence-electron chi connectivity index (χ0n) is 14.5. The van der Waals surface area contributed by atoms with E-state index in [1.54, 1.807) is 6.07 Å². The molecule has 0 heterocycles. The molecule has 0 saturated heterocycles. The van der Waals surface area contributed by atoms with Crippen molar-refractivity contribution >= 4 is 43.0 Å². The number of hydrogen-bond donors (Lipinski definition) is 6. The highest BCUT2D eigenvalue weighted by atomic mass is 32.2. The average molecular weight is 437 g/mol. The number of aromatic hydroxyl groups is 1. The van der Waals surface area contributed by atoms with Crippen LogP contribution in [0, 0.1) is 16.7 Å². The molecular weight excluding hydrogens is 422 g/mol. The molecule has 0 unspecified atom stereocenters. The first-order chi connectivity index (χ1) is 13.4. The first kappa shape index (κ1) is 21.6. The lowest BCUT2D eigenvalue weighted by Crippen LogP contribution is -2.22. The topological polar surface area (TPSA) is 225 Å². The Morgan fingerprint density at radius 3 is 2.41 bits per heavy atom. The molecule has 29 heavy (non-hydrogen) atoms. The largest absolute Gasteiger partial charge is 0.506 e. The van der Waals surface area contributed by atoms with Crippen LogP contribution in [0.4, 0.5) is 11.4 Å². The number of sulfonamides is 2. The van der Waals surface area contributed by atoms with E-state index >= 15 is 0 Å². The standard InChI is InChI=1S/C15H15N7O5S2/c16-8-13(15(17)18)21-20-12-7-11(4-5-14(12)23)29(26,27)22-9-2-1-3-10(6-9)28(19,24)25/h1-7,20,22-23H,(H3,17,18)(H2,19,24,25)/b21-13+. The molecule has 0 aromatic heterocycles. The van der Waals surface area contributed by atoms with Gasteiger partial charge in [-0.3, -0.25) is 15.6 Å². The molecule has 0 spiro atoms. The SMILES string of the molecule is N#C/C(=N\Nc1cc(S(=O)(=O)Nc2cccc(S(N)(=O)=O)c2)ccc1O)C(=N)N. The Labute approximate surface area is 166 Å². The molecule has 14 heteroatoms. The zero-order chi connectivity index (χ0) is 21.8. The molecule has 8 N–H and O–H groups in total. The van der Waals surface area contributed by atoms with E-state index < -0.39 is 31.6 Å². The summed E-state index contributed by atoms with van der Waals surface area (Å²) in [5.74, 6) is -1.01. The van der Waals surface area contributed by atoms with E-state index in [1.165, 1.54) is 18.2 Å². The molecule has 2 aromatic rings. The lowest BCUT2D eigenvalue weighted by Gasteiger charge is -2.11. The second-order valence-electron chi connectivity index (χ2n) is 5.45. The molecule has 0 aliphatic heterocycles. The number of benzene rings is 2. The monoisotopic (exact) mass is 437 g/mol. The maximum atomic E-state index is 12.6. The van der Waals surface area contributed by atoms with Gasteiger partial charge in [0.2, 0.25) is 15.7 Å². The van der Waals surface area contributed by atoms with Gasteiger partial charge in [0.1, 0.15) is 11.8 Å². The van der Waals surface area contributed by atoms with Crippen molar-refractivity contribution in [3.05, 3.63) is 42.5 Å². The predicted octanol–water partition coefficient (Wildman–Crippen LogP) is 0.0678. The van der Waals surface area contributed by atoms with Crippen LogP contribution in [0.15, 0.2) is 57.4 Å². The molecule has 0 aliphatic rings. The van der Waals surface area contributed by atoms with Crippen LogP contribution >= 0.6 is 0 Å². The van der Waals surface area contributed by atoms with E-state index in [2.05, 4.69) is 15.2 Å². The molecule has 0 bridgehead atoms. The highest BCUT2D eigenvalue weighted by Crippen LogP contribution is 2.28. The number of rotatable bonds is 7. The average Bonchev–Trinajstić information content (AvgIpc) is 2.62. The number of nitriles is 1. The van der Waals surface area contributed by atoms with Crippen molar-refractivity contribution in [1.82, 2.24) is 0 Å². The molecule has 0 saturated carbocycles. The van der Waals surface area contributed by atoms with E-state index in [1.807, 2.05) is 0 Å². The normalized spacial score (nSPS) is 12.1. The Bertz CT molecular complexity index is 1250. The number of hydrazone groups is 1. The van der Waals surface area contributed by atoms with E-state index in [0.717, 1.165) is 24.3 Å². The second-order valence-corrected chi connectivity index (χ2v) is 8.70. The van der Waals surface area contributed by atoms with Gasteiger partial charge in [-0.15, -0.1) is 0 Å². The van der Waals surface area contributed by atoms with Gasteiger partial charge in [-0.05, 0) is 36.4 Å². The Kier molecular flexibility index (Phi) is 6.07. The Morgan fingerprint density at radius 1 is 1.14 bits per heavy atom. The minimum absolute atomic E-state index is 0.0551. The summed E-state index contributed by atoms with van der Waals surface area (Å²) in [4.78, 5) is -0.594. The van der Waals surface area contributed by atoms with E-state index in [0.29, 0.717) is 0 Å². The minimum Gasteiger partial charge on any atom is -0.506 e. The summed E-state index contributed by atoms with van der Waals surface area (Å²) in [6.07, 6.45) is 0.